The van der Waals surface area contributed by atoms with E-state index >= 15 is 0 Å². The van der Waals surface area contributed by atoms with Crippen LogP contribution in [0.2, 0.25) is 0 Å². The van der Waals surface area contributed by atoms with Gasteiger partial charge in [-0.25, -0.2) is 0 Å². The molecule has 2 rings (SSSR count). The highest BCUT2D eigenvalue weighted by molar-refractivity contribution is 5.92. The molecule has 0 atom stereocenters. The van der Waals surface area contributed by atoms with Crippen molar-refractivity contribution in [2.24, 2.45) is 0 Å². The molecule has 0 saturated heterocycles. The van der Waals surface area contributed by atoms with Crippen LogP contribution < -0.4 is 19.5 Å². The Balaban J connectivity index is 2.09. The highest BCUT2D eigenvalue weighted by Crippen LogP contribution is 2.40. The molecule has 0 aliphatic heterocycles. The highest BCUT2D eigenvalue weighted by Gasteiger charge is 2.14. The van der Waals surface area contributed by atoms with E-state index in [-0.39, 0.29) is 5.91 Å². The molecule has 6 heteroatoms. The Morgan fingerprint density at radius 1 is 1.04 bits per heavy atom. The number of benzene rings is 1. The number of amides is 1. The van der Waals surface area contributed by atoms with Gasteiger partial charge in [-0.3, -0.25) is 9.78 Å². The zero-order valence-electron chi connectivity index (χ0n) is 13.9. The van der Waals surface area contributed by atoms with Gasteiger partial charge in [-0.15, -0.1) is 0 Å². The fourth-order valence-corrected chi connectivity index (χ4v) is 2.17. The van der Waals surface area contributed by atoms with Gasteiger partial charge in [0, 0.05) is 30.6 Å². The molecule has 1 N–H and O–H groups in total. The summed E-state index contributed by atoms with van der Waals surface area (Å²) in [5.74, 6) is 1.35. The average Bonchev–Trinajstić information content (AvgIpc) is 2.64. The van der Waals surface area contributed by atoms with E-state index in [2.05, 4.69) is 10.3 Å². The number of carbonyl (C=O) groups excluding carboxylic acids is 1. The first kappa shape index (κ1) is 17.3. The van der Waals surface area contributed by atoms with Crippen molar-refractivity contribution in [3.63, 3.8) is 0 Å². The van der Waals surface area contributed by atoms with Crippen LogP contribution in [0.5, 0.6) is 17.2 Å². The molecule has 0 radical (unpaired) electrons. The van der Waals surface area contributed by atoms with Crippen LogP contribution in [0.25, 0.3) is 6.08 Å². The number of hydrogen-bond acceptors (Lipinski definition) is 5. The van der Waals surface area contributed by atoms with Gasteiger partial charge in [0.2, 0.25) is 11.7 Å². The van der Waals surface area contributed by atoms with Gasteiger partial charge >= 0.3 is 0 Å². The van der Waals surface area contributed by atoms with Gasteiger partial charge in [0.05, 0.1) is 21.3 Å². The van der Waals surface area contributed by atoms with Gasteiger partial charge in [-0.05, 0) is 35.9 Å². The molecule has 1 amide bonds. The Bertz CT molecular complexity index is 714. The van der Waals surface area contributed by atoms with Crippen molar-refractivity contribution in [3.05, 3.63) is 53.9 Å². The summed E-state index contributed by atoms with van der Waals surface area (Å²) >= 11 is 0. The van der Waals surface area contributed by atoms with E-state index in [1.165, 1.54) is 20.3 Å². The summed E-state index contributed by atoms with van der Waals surface area (Å²) in [6.45, 7) is 0.439. The van der Waals surface area contributed by atoms with Gasteiger partial charge in [-0.1, -0.05) is 0 Å². The summed E-state index contributed by atoms with van der Waals surface area (Å²) < 4.78 is 15.9. The minimum absolute atomic E-state index is 0.205. The van der Waals surface area contributed by atoms with E-state index in [1.807, 2.05) is 12.1 Å². The van der Waals surface area contributed by atoms with E-state index in [0.29, 0.717) is 29.4 Å². The van der Waals surface area contributed by atoms with E-state index < -0.39 is 0 Å². The topological polar surface area (TPSA) is 69.7 Å². The lowest BCUT2D eigenvalue weighted by Crippen LogP contribution is -2.20. The molecular formula is C18H20N2O4. The number of nitrogens with one attached hydrogen (secondary N) is 1. The van der Waals surface area contributed by atoms with Crippen LogP contribution in [0.4, 0.5) is 0 Å². The molecule has 1 heterocycles. The Morgan fingerprint density at radius 2 is 1.75 bits per heavy atom. The molecule has 0 aliphatic carbocycles. The van der Waals surface area contributed by atoms with Crippen molar-refractivity contribution in [2.45, 2.75) is 6.54 Å². The lowest BCUT2D eigenvalue weighted by molar-refractivity contribution is -0.116. The molecule has 24 heavy (non-hydrogen) atoms. The summed E-state index contributed by atoms with van der Waals surface area (Å²) in [5, 5.41) is 2.81. The SMILES string of the molecule is COc1ccc(C=CC(=O)NCc2ccncc2)c(OC)c1OC. The molecule has 0 fully saturated rings. The summed E-state index contributed by atoms with van der Waals surface area (Å²) in [5.41, 5.74) is 1.70. The summed E-state index contributed by atoms with van der Waals surface area (Å²) in [6, 6.07) is 7.26. The Hall–Kier alpha value is -3.02. The fraction of sp³-hybridized carbons (Fsp3) is 0.222. The van der Waals surface area contributed by atoms with Crippen molar-refractivity contribution in [2.75, 3.05) is 21.3 Å². The number of hydrogen-bond donors (Lipinski definition) is 1. The predicted molar refractivity (Wildman–Crippen MR) is 91.2 cm³/mol. The summed E-state index contributed by atoms with van der Waals surface area (Å²) in [7, 11) is 4.63. The number of pyridine rings is 1. The van der Waals surface area contributed by atoms with Gasteiger partial charge in [0.15, 0.2) is 11.5 Å². The fourth-order valence-electron chi connectivity index (χ4n) is 2.17. The quantitative estimate of drug-likeness (QED) is 0.791. The smallest absolute Gasteiger partial charge is 0.244 e. The number of ether oxygens (including phenoxy) is 3. The first-order valence-electron chi connectivity index (χ1n) is 7.33. The predicted octanol–water partition coefficient (Wildman–Crippen LogP) is 2.44. The standard InChI is InChI=1S/C18H20N2O4/c1-22-15-6-4-14(17(23-2)18(15)24-3)5-7-16(21)20-12-13-8-10-19-11-9-13/h4-11H,12H2,1-3H3,(H,20,21). The molecule has 0 saturated carbocycles. The Morgan fingerprint density at radius 3 is 2.38 bits per heavy atom. The lowest BCUT2D eigenvalue weighted by atomic mass is 10.1. The van der Waals surface area contributed by atoms with Gasteiger partial charge in [0.25, 0.3) is 0 Å². The Labute approximate surface area is 141 Å². The van der Waals surface area contributed by atoms with E-state index in [4.69, 9.17) is 14.2 Å². The van der Waals surface area contributed by atoms with E-state index in [9.17, 15) is 4.79 Å². The number of carbonyl (C=O) groups is 1. The third kappa shape index (κ3) is 4.25. The molecular weight excluding hydrogens is 308 g/mol. The second kappa shape index (κ2) is 8.57. The maximum Gasteiger partial charge on any atom is 0.244 e. The van der Waals surface area contributed by atoms with Crippen molar-refractivity contribution >= 4 is 12.0 Å². The zero-order chi connectivity index (χ0) is 17.4. The van der Waals surface area contributed by atoms with Crippen LogP contribution in [-0.2, 0) is 11.3 Å². The Kier molecular flexibility index (Phi) is 6.19. The molecule has 0 aliphatic rings. The molecule has 6 nitrogen and oxygen atoms in total. The number of nitrogens with zero attached hydrogens (tertiary/aromatic N) is 1. The second-order valence-electron chi connectivity index (χ2n) is 4.83. The molecule has 2 aromatic rings. The van der Waals surface area contributed by atoms with Crippen LogP contribution in [0.3, 0.4) is 0 Å². The van der Waals surface area contributed by atoms with Crippen molar-refractivity contribution in [1.29, 1.82) is 0 Å². The van der Waals surface area contributed by atoms with Crippen LogP contribution in [-0.4, -0.2) is 32.2 Å². The minimum atomic E-state index is -0.205. The van der Waals surface area contributed by atoms with Crippen molar-refractivity contribution in [1.82, 2.24) is 10.3 Å². The third-order valence-corrected chi connectivity index (χ3v) is 3.37. The molecule has 0 unspecified atom stereocenters. The lowest BCUT2D eigenvalue weighted by Gasteiger charge is -2.13. The summed E-state index contributed by atoms with van der Waals surface area (Å²) in [6.07, 6.45) is 6.49. The zero-order valence-corrected chi connectivity index (χ0v) is 13.9. The normalized spacial score (nSPS) is 10.5. The van der Waals surface area contributed by atoms with Gasteiger partial charge < -0.3 is 19.5 Å². The van der Waals surface area contributed by atoms with Gasteiger partial charge in [0.1, 0.15) is 0 Å². The van der Waals surface area contributed by atoms with Gasteiger partial charge in [-0.2, -0.15) is 0 Å². The van der Waals surface area contributed by atoms with E-state index in [0.717, 1.165) is 5.56 Å². The highest BCUT2D eigenvalue weighted by atomic mass is 16.5. The van der Waals surface area contributed by atoms with Crippen LogP contribution in [0, 0.1) is 0 Å². The molecule has 0 spiro atoms. The molecule has 1 aromatic heterocycles. The maximum absolute atomic E-state index is 12.0. The van der Waals surface area contributed by atoms with Crippen molar-refractivity contribution in [3.8, 4) is 17.2 Å². The number of rotatable bonds is 7. The summed E-state index contributed by atoms with van der Waals surface area (Å²) in [4.78, 5) is 15.9. The molecule has 0 bridgehead atoms. The minimum Gasteiger partial charge on any atom is -0.493 e. The molecule has 1 aromatic carbocycles. The second-order valence-corrected chi connectivity index (χ2v) is 4.83. The number of aromatic nitrogens is 1. The molecule has 126 valence electrons. The monoisotopic (exact) mass is 328 g/mol. The van der Waals surface area contributed by atoms with Crippen LogP contribution in [0.1, 0.15) is 11.1 Å². The third-order valence-electron chi connectivity index (χ3n) is 3.37. The van der Waals surface area contributed by atoms with Crippen LogP contribution >= 0.6 is 0 Å². The first-order chi connectivity index (χ1) is 11.7. The first-order valence-corrected chi connectivity index (χ1v) is 7.33. The largest absolute Gasteiger partial charge is 0.493 e. The maximum atomic E-state index is 12.0. The van der Waals surface area contributed by atoms with Crippen molar-refractivity contribution < 1.29 is 19.0 Å². The number of methoxy groups -OCH3 is 3. The average molecular weight is 328 g/mol. The van der Waals surface area contributed by atoms with E-state index in [1.54, 1.807) is 37.7 Å². The van der Waals surface area contributed by atoms with Crippen LogP contribution in [0.15, 0.2) is 42.7 Å².